The van der Waals surface area contributed by atoms with Crippen molar-refractivity contribution in [3.05, 3.63) is 58.6 Å². The molecule has 6 heteroatoms. The van der Waals surface area contributed by atoms with Gasteiger partial charge in [0, 0.05) is 5.02 Å². The quantitative estimate of drug-likeness (QED) is 0.932. The number of carbonyl (C=O) groups excluding carboxylic acids is 1. The Hall–Kier alpha value is -2.14. The summed E-state index contributed by atoms with van der Waals surface area (Å²) < 4.78 is 31.8. The molecule has 0 aliphatic rings. The lowest BCUT2D eigenvalue weighted by Gasteiger charge is -2.08. The van der Waals surface area contributed by atoms with Crippen LogP contribution in [0.4, 0.5) is 14.5 Å². The Morgan fingerprint density at radius 3 is 2.57 bits per heavy atom. The summed E-state index contributed by atoms with van der Waals surface area (Å²) in [6.07, 6.45) is -0.0804. The van der Waals surface area contributed by atoms with Gasteiger partial charge in [-0.25, -0.2) is 8.78 Å². The lowest BCUT2D eigenvalue weighted by molar-refractivity contribution is -0.115. The van der Waals surface area contributed by atoms with Crippen molar-refractivity contribution in [2.45, 2.75) is 6.42 Å². The highest BCUT2D eigenvalue weighted by molar-refractivity contribution is 6.30. The van der Waals surface area contributed by atoms with E-state index in [0.29, 0.717) is 5.56 Å². The lowest BCUT2D eigenvalue weighted by Crippen LogP contribution is -2.15. The molecule has 0 atom stereocenters. The number of benzene rings is 2. The zero-order valence-corrected chi connectivity index (χ0v) is 11.9. The summed E-state index contributed by atoms with van der Waals surface area (Å²) in [4.78, 5) is 11.8. The van der Waals surface area contributed by atoms with Crippen molar-refractivity contribution in [3.8, 4) is 5.75 Å². The van der Waals surface area contributed by atoms with E-state index in [2.05, 4.69) is 5.32 Å². The molecule has 0 spiro atoms. The minimum Gasteiger partial charge on any atom is -0.494 e. The number of hydrogen-bond donors (Lipinski definition) is 1. The minimum atomic E-state index is -0.628. The maximum Gasteiger partial charge on any atom is 0.228 e. The third kappa shape index (κ3) is 3.92. The topological polar surface area (TPSA) is 38.3 Å². The summed E-state index contributed by atoms with van der Waals surface area (Å²) in [6.45, 7) is 0. The van der Waals surface area contributed by atoms with Gasteiger partial charge in [-0.05, 0) is 35.9 Å². The van der Waals surface area contributed by atoms with Gasteiger partial charge in [-0.15, -0.1) is 0 Å². The van der Waals surface area contributed by atoms with Gasteiger partial charge < -0.3 is 10.1 Å². The van der Waals surface area contributed by atoms with Crippen LogP contribution in [0.2, 0.25) is 5.02 Å². The Bertz CT molecular complexity index is 677. The second kappa shape index (κ2) is 6.54. The Kier molecular flexibility index (Phi) is 4.75. The van der Waals surface area contributed by atoms with Gasteiger partial charge in [-0.1, -0.05) is 17.7 Å². The minimum absolute atomic E-state index is 0.0263. The first-order chi connectivity index (χ1) is 9.99. The summed E-state index contributed by atoms with van der Waals surface area (Å²) in [5.41, 5.74) is 0.485. The van der Waals surface area contributed by atoms with Crippen LogP contribution in [0.5, 0.6) is 5.75 Å². The molecular formula is C15H12ClF2NO2. The SMILES string of the molecule is COc1ccc(CC(=O)Nc2ccc(Cl)cc2F)cc1F. The number of halogens is 3. The molecule has 21 heavy (non-hydrogen) atoms. The molecule has 0 aromatic heterocycles. The normalized spacial score (nSPS) is 10.3. The number of ether oxygens (including phenoxy) is 1. The van der Waals surface area contributed by atoms with Gasteiger partial charge in [0.25, 0.3) is 0 Å². The van der Waals surface area contributed by atoms with Crippen LogP contribution >= 0.6 is 11.6 Å². The van der Waals surface area contributed by atoms with Crippen LogP contribution in [0.25, 0.3) is 0 Å². The number of hydrogen-bond acceptors (Lipinski definition) is 2. The Labute approximate surface area is 125 Å². The van der Waals surface area contributed by atoms with Crippen molar-refractivity contribution in [1.82, 2.24) is 0 Å². The molecule has 0 aliphatic carbocycles. The molecule has 0 fully saturated rings. The molecule has 0 saturated carbocycles. The molecule has 2 rings (SSSR count). The highest BCUT2D eigenvalue weighted by Crippen LogP contribution is 2.20. The Morgan fingerprint density at radius 2 is 1.95 bits per heavy atom. The molecule has 1 amide bonds. The number of methoxy groups -OCH3 is 1. The molecule has 0 unspecified atom stereocenters. The molecule has 0 bridgehead atoms. The highest BCUT2D eigenvalue weighted by atomic mass is 35.5. The lowest BCUT2D eigenvalue weighted by atomic mass is 10.1. The molecule has 3 nitrogen and oxygen atoms in total. The molecular weight excluding hydrogens is 300 g/mol. The van der Waals surface area contributed by atoms with Crippen LogP contribution in [0.15, 0.2) is 36.4 Å². The summed E-state index contributed by atoms with van der Waals surface area (Å²) in [5, 5.41) is 2.65. The summed E-state index contributed by atoms with van der Waals surface area (Å²) in [6, 6.07) is 8.14. The van der Waals surface area contributed by atoms with Gasteiger partial charge in [0.05, 0.1) is 19.2 Å². The van der Waals surface area contributed by atoms with Gasteiger partial charge in [-0.3, -0.25) is 4.79 Å². The second-order valence-electron chi connectivity index (χ2n) is 4.32. The van der Waals surface area contributed by atoms with Gasteiger partial charge in [0.2, 0.25) is 5.91 Å². The van der Waals surface area contributed by atoms with E-state index >= 15 is 0 Å². The third-order valence-electron chi connectivity index (χ3n) is 2.79. The van der Waals surface area contributed by atoms with Crippen LogP contribution in [0, 0.1) is 11.6 Å². The molecule has 110 valence electrons. The first-order valence-electron chi connectivity index (χ1n) is 6.07. The maximum absolute atomic E-state index is 13.5. The van der Waals surface area contributed by atoms with Gasteiger partial charge in [0.15, 0.2) is 11.6 Å². The number of anilines is 1. The van der Waals surface area contributed by atoms with E-state index in [1.165, 1.54) is 31.4 Å². The van der Waals surface area contributed by atoms with E-state index in [1.807, 2.05) is 0 Å². The Balaban J connectivity index is 2.06. The summed E-state index contributed by atoms with van der Waals surface area (Å²) in [7, 11) is 1.36. The molecule has 0 radical (unpaired) electrons. The predicted molar refractivity (Wildman–Crippen MR) is 76.7 cm³/mol. The maximum atomic E-state index is 13.5. The average molecular weight is 312 g/mol. The highest BCUT2D eigenvalue weighted by Gasteiger charge is 2.10. The largest absolute Gasteiger partial charge is 0.494 e. The molecule has 1 N–H and O–H groups in total. The third-order valence-corrected chi connectivity index (χ3v) is 3.02. The second-order valence-corrected chi connectivity index (χ2v) is 4.75. The summed E-state index contributed by atoms with van der Waals surface area (Å²) in [5.74, 6) is -1.54. The summed E-state index contributed by atoms with van der Waals surface area (Å²) >= 11 is 5.62. The predicted octanol–water partition coefficient (Wildman–Crippen LogP) is 3.81. The van der Waals surface area contributed by atoms with Gasteiger partial charge in [0.1, 0.15) is 5.82 Å². The molecule has 0 heterocycles. The number of amides is 1. The van der Waals surface area contributed by atoms with Crippen LogP contribution in [0.1, 0.15) is 5.56 Å². The van der Waals surface area contributed by atoms with Crippen LogP contribution < -0.4 is 10.1 Å². The fourth-order valence-corrected chi connectivity index (χ4v) is 1.95. The van der Waals surface area contributed by atoms with E-state index in [4.69, 9.17) is 16.3 Å². The van der Waals surface area contributed by atoms with E-state index in [-0.39, 0.29) is 22.9 Å². The Morgan fingerprint density at radius 1 is 1.19 bits per heavy atom. The van der Waals surface area contributed by atoms with E-state index < -0.39 is 17.5 Å². The van der Waals surface area contributed by atoms with Gasteiger partial charge >= 0.3 is 0 Å². The monoisotopic (exact) mass is 311 g/mol. The number of rotatable bonds is 4. The van der Waals surface area contributed by atoms with Crippen molar-refractivity contribution in [1.29, 1.82) is 0 Å². The smallest absolute Gasteiger partial charge is 0.228 e. The zero-order valence-electron chi connectivity index (χ0n) is 11.1. The van der Waals surface area contributed by atoms with E-state index in [0.717, 1.165) is 6.07 Å². The van der Waals surface area contributed by atoms with Crippen LogP contribution in [-0.2, 0) is 11.2 Å². The van der Waals surface area contributed by atoms with Crippen molar-refractivity contribution >= 4 is 23.2 Å². The van der Waals surface area contributed by atoms with Crippen molar-refractivity contribution in [2.24, 2.45) is 0 Å². The van der Waals surface area contributed by atoms with Crippen molar-refractivity contribution in [3.63, 3.8) is 0 Å². The molecule has 0 aliphatic heterocycles. The van der Waals surface area contributed by atoms with Crippen molar-refractivity contribution in [2.75, 3.05) is 12.4 Å². The standard InChI is InChI=1S/C15H12ClF2NO2/c1-21-14-5-2-9(6-12(14)18)7-15(20)19-13-4-3-10(16)8-11(13)17/h2-6,8H,7H2,1H3,(H,19,20). The molecule has 2 aromatic carbocycles. The zero-order chi connectivity index (χ0) is 15.4. The number of carbonyl (C=O) groups is 1. The van der Waals surface area contributed by atoms with Crippen molar-refractivity contribution < 1.29 is 18.3 Å². The van der Waals surface area contributed by atoms with Crippen LogP contribution in [0.3, 0.4) is 0 Å². The average Bonchev–Trinajstić information content (AvgIpc) is 2.42. The number of nitrogens with one attached hydrogen (secondary N) is 1. The fraction of sp³-hybridized carbons (Fsp3) is 0.133. The fourth-order valence-electron chi connectivity index (χ4n) is 1.79. The van der Waals surface area contributed by atoms with Gasteiger partial charge in [-0.2, -0.15) is 0 Å². The molecule has 0 saturated heterocycles. The van der Waals surface area contributed by atoms with E-state index in [9.17, 15) is 13.6 Å². The van der Waals surface area contributed by atoms with E-state index in [1.54, 1.807) is 6.07 Å². The van der Waals surface area contributed by atoms with Crippen LogP contribution in [-0.4, -0.2) is 13.0 Å². The first kappa shape index (κ1) is 15.3. The first-order valence-corrected chi connectivity index (χ1v) is 6.44. The molecule has 2 aromatic rings.